The maximum absolute atomic E-state index is 11.9. The highest BCUT2D eigenvalue weighted by Crippen LogP contribution is 2.20. The second kappa shape index (κ2) is 6.53. The van der Waals surface area contributed by atoms with Crippen molar-refractivity contribution in [2.75, 3.05) is 19.6 Å². The van der Waals surface area contributed by atoms with Crippen LogP contribution in [0, 0.1) is 5.92 Å². The van der Waals surface area contributed by atoms with Crippen molar-refractivity contribution in [1.29, 1.82) is 0 Å². The van der Waals surface area contributed by atoms with Gasteiger partial charge in [-0.2, -0.15) is 0 Å². The Morgan fingerprint density at radius 2 is 2.06 bits per heavy atom. The Morgan fingerprint density at radius 1 is 1.33 bits per heavy atom. The highest BCUT2D eigenvalue weighted by molar-refractivity contribution is 5.78. The topological polar surface area (TPSA) is 52.6 Å². The van der Waals surface area contributed by atoms with E-state index in [1.807, 2.05) is 6.92 Å². The number of rotatable bonds is 4. The summed E-state index contributed by atoms with van der Waals surface area (Å²) in [6.45, 7) is 4.14. The van der Waals surface area contributed by atoms with Gasteiger partial charge in [0, 0.05) is 12.6 Å². The predicted octanol–water partition coefficient (Wildman–Crippen LogP) is 1.14. The zero-order valence-electron chi connectivity index (χ0n) is 11.4. The summed E-state index contributed by atoms with van der Waals surface area (Å²) in [6.07, 6.45) is 6.85. The second-order valence-corrected chi connectivity index (χ2v) is 5.93. The van der Waals surface area contributed by atoms with Crippen molar-refractivity contribution < 1.29 is 9.90 Å². The van der Waals surface area contributed by atoms with E-state index < -0.39 is 0 Å². The first-order chi connectivity index (χ1) is 8.65. The van der Waals surface area contributed by atoms with E-state index in [-0.39, 0.29) is 12.0 Å². The molecule has 2 aliphatic rings. The van der Waals surface area contributed by atoms with Gasteiger partial charge in [0.1, 0.15) is 0 Å². The summed E-state index contributed by atoms with van der Waals surface area (Å²) in [5.74, 6) is 0.501. The molecule has 0 aromatic rings. The average Bonchev–Trinajstić information content (AvgIpc) is 2.78. The fourth-order valence-electron chi connectivity index (χ4n) is 3.12. The van der Waals surface area contributed by atoms with Crippen LogP contribution in [0.5, 0.6) is 0 Å². The number of aliphatic hydroxyl groups is 1. The molecule has 4 heteroatoms. The molecule has 4 nitrogen and oxygen atoms in total. The van der Waals surface area contributed by atoms with Gasteiger partial charge in [0.05, 0.1) is 12.6 Å². The molecule has 2 atom stereocenters. The van der Waals surface area contributed by atoms with Crippen molar-refractivity contribution in [2.24, 2.45) is 5.92 Å². The number of nitrogens with one attached hydrogen (secondary N) is 1. The summed E-state index contributed by atoms with van der Waals surface area (Å²) < 4.78 is 0. The van der Waals surface area contributed by atoms with Gasteiger partial charge in [-0.3, -0.25) is 9.69 Å². The Hall–Kier alpha value is -0.610. The molecule has 1 aliphatic carbocycles. The van der Waals surface area contributed by atoms with Gasteiger partial charge in [-0.1, -0.05) is 19.3 Å². The third-order valence-electron chi connectivity index (χ3n) is 4.33. The summed E-state index contributed by atoms with van der Waals surface area (Å²) in [6, 6.07) is 0.404. The minimum absolute atomic E-state index is 0.160. The summed E-state index contributed by atoms with van der Waals surface area (Å²) in [4.78, 5) is 14.1. The van der Waals surface area contributed by atoms with E-state index in [1.165, 1.54) is 19.3 Å². The Labute approximate surface area is 110 Å². The number of hydrogen-bond acceptors (Lipinski definition) is 3. The van der Waals surface area contributed by atoms with Crippen molar-refractivity contribution in [3.63, 3.8) is 0 Å². The van der Waals surface area contributed by atoms with Gasteiger partial charge in [0.15, 0.2) is 0 Å². The fourth-order valence-corrected chi connectivity index (χ4v) is 3.12. The lowest BCUT2D eigenvalue weighted by atomic mass is 9.95. The molecule has 0 bridgehead atoms. The van der Waals surface area contributed by atoms with E-state index >= 15 is 0 Å². The van der Waals surface area contributed by atoms with Crippen LogP contribution in [-0.4, -0.2) is 47.7 Å². The lowest BCUT2D eigenvalue weighted by molar-refractivity contribution is -0.123. The van der Waals surface area contributed by atoms with E-state index in [4.69, 9.17) is 0 Å². The molecule has 1 heterocycles. The molecule has 1 amide bonds. The van der Waals surface area contributed by atoms with Crippen LogP contribution in [0.25, 0.3) is 0 Å². The van der Waals surface area contributed by atoms with Crippen molar-refractivity contribution in [3.05, 3.63) is 0 Å². The molecular weight excluding hydrogens is 228 g/mol. The Morgan fingerprint density at radius 3 is 2.67 bits per heavy atom. The van der Waals surface area contributed by atoms with Gasteiger partial charge < -0.3 is 10.4 Å². The largest absolute Gasteiger partial charge is 0.393 e. The highest BCUT2D eigenvalue weighted by atomic mass is 16.3. The van der Waals surface area contributed by atoms with Crippen molar-refractivity contribution >= 4 is 5.91 Å². The summed E-state index contributed by atoms with van der Waals surface area (Å²) in [5.41, 5.74) is 0. The molecule has 2 rings (SSSR count). The first-order valence-corrected chi connectivity index (χ1v) is 7.35. The molecule has 104 valence electrons. The molecule has 0 spiro atoms. The van der Waals surface area contributed by atoms with E-state index in [2.05, 4.69) is 10.2 Å². The number of nitrogens with zero attached hydrogens (tertiary/aromatic N) is 1. The van der Waals surface area contributed by atoms with E-state index in [1.54, 1.807) is 0 Å². The number of aliphatic hydroxyl groups excluding tert-OH is 1. The number of amides is 1. The van der Waals surface area contributed by atoms with Crippen LogP contribution in [0.1, 0.15) is 45.4 Å². The molecule has 18 heavy (non-hydrogen) atoms. The van der Waals surface area contributed by atoms with Crippen LogP contribution < -0.4 is 5.32 Å². The zero-order chi connectivity index (χ0) is 13.0. The lowest BCUT2D eigenvalue weighted by Gasteiger charge is -2.24. The summed E-state index contributed by atoms with van der Waals surface area (Å²) in [7, 11) is 0. The second-order valence-electron chi connectivity index (χ2n) is 5.93. The molecule has 0 aromatic carbocycles. The average molecular weight is 254 g/mol. The quantitative estimate of drug-likeness (QED) is 0.791. The van der Waals surface area contributed by atoms with Crippen LogP contribution in [0.4, 0.5) is 0 Å². The molecule has 1 saturated carbocycles. The van der Waals surface area contributed by atoms with Gasteiger partial charge in [-0.25, -0.2) is 0 Å². The smallest absolute Gasteiger partial charge is 0.234 e. The lowest BCUT2D eigenvalue weighted by Crippen LogP contribution is -2.42. The first-order valence-electron chi connectivity index (χ1n) is 7.35. The molecular formula is C14H26N2O2. The molecule has 1 saturated heterocycles. The molecule has 2 N–H and O–H groups in total. The van der Waals surface area contributed by atoms with Crippen molar-refractivity contribution in [2.45, 2.75) is 57.6 Å². The van der Waals surface area contributed by atoms with Gasteiger partial charge >= 0.3 is 0 Å². The number of carbonyl (C=O) groups is 1. The standard InChI is InChI=1S/C14H26N2O2/c1-11(17)12-7-8-16(9-12)10-14(18)15-13-5-3-2-4-6-13/h11-13,17H,2-10H2,1H3,(H,15,18). The molecule has 0 radical (unpaired) electrons. The first kappa shape index (κ1) is 13.8. The van der Waals surface area contributed by atoms with Crippen molar-refractivity contribution in [1.82, 2.24) is 10.2 Å². The monoisotopic (exact) mass is 254 g/mol. The molecule has 0 aromatic heterocycles. The maximum Gasteiger partial charge on any atom is 0.234 e. The van der Waals surface area contributed by atoms with Gasteiger partial charge in [0.2, 0.25) is 5.91 Å². The summed E-state index contributed by atoms with van der Waals surface area (Å²) >= 11 is 0. The summed E-state index contributed by atoms with van der Waals surface area (Å²) in [5, 5.41) is 12.7. The predicted molar refractivity (Wildman–Crippen MR) is 71.2 cm³/mol. The van der Waals surface area contributed by atoms with Crippen LogP contribution in [0.3, 0.4) is 0 Å². The highest BCUT2D eigenvalue weighted by Gasteiger charge is 2.27. The minimum Gasteiger partial charge on any atom is -0.393 e. The van der Waals surface area contributed by atoms with Crippen LogP contribution in [-0.2, 0) is 4.79 Å². The van der Waals surface area contributed by atoms with Crippen LogP contribution in [0.2, 0.25) is 0 Å². The number of hydrogen-bond donors (Lipinski definition) is 2. The Kier molecular flexibility index (Phi) is 5.01. The molecule has 2 fully saturated rings. The van der Waals surface area contributed by atoms with E-state index in [0.29, 0.717) is 18.5 Å². The van der Waals surface area contributed by atoms with E-state index in [0.717, 1.165) is 32.4 Å². The SMILES string of the molecule is CC(O)C1CCN(CC(=O)NC2CCCCC2)C1. The Bertz CT molecular complexity index is 275. The van der Waals surface area contributed by atoms with Gasteiger partial charge in [-0.15, -0.1) is 0 Å². The molecule has 2 unspecified atom stereocenters. The maximum atomic E-state index is 11.9. The van der Waals surface area contributed by atoms with Crippen LogP contribution in [0.15, 0.2) is 0 Å². The van der Waals surface area contributed by atoms with Gasteiger partial charge in [0.25, 0.3) is 0 Å². The molecule has 1 aliphatic heterocycles. The zero-order valence-corrected chi connectivity index (χ0v) is 11.4. The Balaban J connectivity index is 1.68. The third-order valence-corrected chi connectivity index (χ3v) is 4.33. The fraction of sp³-hybridized carbons (Fsp3) is 0.929. The van der Waals surface area contributed by atoms with Crippen molar-refractivity contribution in [3.8, 4) is 0 Å². The van der Waals surface area contributed by atoms with E-state index in [9.17, 15) is 9.90 Å². The minimum atomic E-state index is -0.253. The normalized spacial score (nSPS) is 28.2. The number of carbonyl (C=O) groups excluding carboxylic acids is 1. The van der Waals surface area contributed by atoms with Gasteiger partial charge in [-0.05, 0) is 38.6 Å². The third kappa shape index (κ3) is 3.95. The number of likely N-dealkylation sites (tertiary alicyclic amines) is 1. The van der Waals surface area contributed by atoms with Crippen LogP contribution >= 0.6 is 0 Å².